The van der Waals surface area contributed by atoms with E-state index >= 15 is 0 Å². The molecule has 1 aliphatic carbocycles. The van der Waals surface area contributed by atoms with Gasteiger partial charge in [0.15, 0.2) is 0 Å². The van der Waals surface area contributed by atoms with Gasteiger partial charge in [0.05, 0.1) is 18.4 Å². The maximum atomic E-state index is 13.9. The standard InChI is InChI=1S/C15H22FNO2/c1-11(18)13-4-3-5-14(16)15(13)17(2)8-9-19-10-12-6-7-12/h3-5,11-12,18H,6-10H2,1-2H3/t11-/m0/s1. The molecule has 4 heteroatoms. The maximum absolute atomic E-state index is 13.9. The Kier molecular flexibility index (Phi) is 4.77. The van der Waals surface area contributed by atoms with Gasteiger partial charge in [0.1, 0.15) is 5.82 Å². The summed E-state index contributed by atoms with van der Waals surface area (Å²) in [6.07, 6.45) is 1.87. The minimum atomic E-state index is -0.680. The predicted molar refractivity (Wildman–Crippen MR) is 73.8 cm³/mol. The van der Waals surface area contributed by atoms with Gasteiger partial charge in [-0.15, -0.1) is 0 Å². The van der Waals surface area contributed by atoms with E-state index in [1.165, 1.54) is 18.9 Å². The quantitative estimate of drug-likeness (QED) is 0.771. The van der Waals surface area contributed by atoms with Crippen molar-refractivity contribution >= 4 is 5.69 Å². The zero-order chi connectivity index (χ0) is 13.8. The highest BCUT2D eigenvalue weighted by Crippen LogP contribution is 2.29. The van der Waals surface area contributed by atoms with Gasteiger partial charge < -0.3 is 14.7 Å². The molecule has 19 heavy (non-hydrogen) atoms. The molecule has 2 rings (SSSR count). The summed E-state index contributed by atoms with van der Waals surface area (Å²) >= 11 is 0. The first-order valence-electron chi connectivity index (χ1n) is 6.85. The van der Waals surface area contributed by atoms with Gasteiger partial charge in [-0.05, 0) is 31.7 Å². The summed E-state index contributed by atoms with van der Waals surface area (Å²) in [4.78, 5) is 1.81. The molecule has 1 N–H and O–H groups in total. The van der Waals surface area contributed by atoms with Crippen LogP contribution in [0.25, 0.3) is 0 Å². The van der Waals surface area contributed by atoms with Crippen molar-refractivity contribution < 1.29 is 14.2 Å². The van der Waals surface area contributed by atoms with Gasteiger partial charge >= 0.3 is 0 Å². The van der Waals surface area contributed by atoms with Crippen LogP contribution in [0.2, 0.25) is 0 Å². The van der Waals surface area contributed by atoms with Gasteiger partial charge in [-0.3, -0.25) is 0 Å². The molecule has 1 atom stereocenters. The summed E-state index contributed by atoms with van der Waals surface area (Å²) in [5.74, 6) is 0.440. The van der Waals surface area contributed by atoms with Crippen molar-refractivity contribution in [1.29, 1.82) is 0 Å². The Labute approximate surface area is 114 Å². The predicted octanol–water partition coefficient (Wildman–Crippen LogP) is 2.74. The van der Waals surface area contributed by atoms with Crippen molar-refractivity contribution in [2.24, 2.45) is 5.92 Å². The first kappa shape index (κ1) is 14.3. The molecule has 1 aliphatic rings. The molecular weight excluding hydrogens is 245 g/mol. The molecule has 1 aromatic rings. The largest absolute Gasteiger partial charge is 0.389 e. The van der Waals surface area contributed by atoms with Gasteiger partial charge in [0.2, 0.25) is 0 Å². The Balaban J connectivity index is 1.94. The minimum Gasteiger partial charge on any atom is -0.389 e. The summed E-state index contributed by atoms with van der Waals surface area (Å²) in [6.45, 7) is 3.66. The lowest BCUT2D eigenvalue weighted by atomic mass is 10.1. The molecule has 0 amide bonds. The van der Waals surface area contributed by atoms with Crippen molar-refractivity contribution in [2.45, 2.75) is 25.9 Å². The molecule has 0 spiro atoms. The third-order valence-corrected chi connectivity index (χ3v) is 3.47. The number of hydrogen-bond donors (Lipinski definition) is 1. The van der Waals surface area contributed by atoms with Gasteiger partial charge in [-0.2, -0.15) is 0 Å². The molecule has 3 nitrogen and oxygen atoms in total. The lowest BCUT2D eigenvalue weighted by Crippen LogP contribution is -2.25. The molecule has 106 valence electrons. The summed E-state index contributed by atoms with van der Waals surface area (Å²) in [5.41, 5.74) is 1.08. The van der Waals surface area contributed by atoms with Crippen molar-refractivity contribution in [3.63, 3.8) is 0 Å². The highest BCUT2D eigenvalue weighted by atomic mass is 19.1. The van der Waals surface area contributed by atoms with Crippen LogP contribution in [-0.4, -0.2) is 31.9 Å². The number of hydrogen-bond acceptors (Lipinski definition) is 3. The Morgan fingerprint density at radius 3 is 2.84 bits per heavy atom. The van der Waals surface area contributed by atoms with Crippen LogP contribution < -0.4 is 4.90 Å². The minimum absolute atomic E-state index is 0.303. The van der Waals surface area contributed by atoms with E-state index in [0.717, 1.165) is 12.5 Å². The number of ether oxygens (including phenoxy) is 1. The van der Waals surface area contributed by atoms with E-state index in [-0.39, 0.29) is 5.82 Å². The summed E-state index contributed by atoms with van der Waals surface area (Å²) in [5, 5.41) is 9.71. The summed E-state index contributed by atoms with van der Waals surface area (Å²) in [7, 11) is 1.82. The second-order valence-corrected chi connectivity index (χ2v) is 5.29. The Hall–Kier alpha value is -1.13. The number of nitrogens with zero attached hydrogens (tertiary/aromatic N) is 1. The number of para-hydroxylation sites is 1. The number of benzene rings is 1. The van der Waals surface area contributed by atoms with E-state index < -0.39 is 6.10 Å². The normalized spacial score (nSPS) is 16.4. The van der Waals surface area contributed by atoms with E-state index in [2.05, 4.69) is 0 Å². The van der Waals surface area contributed by atoms with Crippen LogP contribution in [-0.2, 0) is 4.74 Å². The van der Waals surface area contributed by atoms with Crippen LogP contribution in [0.15, 0.2) is 18.2 Å². The molecule has 0 bridgehead atoms. The van der Waals surface area contributed by atoms with Crippen molar-refractivity contribution in [3.8, 4) is 0 Å². The van der Waals surface area contributed by atoms with E-state index in [1.807, 2.05) is 11.9 Å². The Morgan fingerprint density at radius 1 is 1.47 bits per heavy atom. The van der Waals surface area contributed by atoms with E-state index in [9.17, 15) is 9.50 Å². The fourth-order valence-corrected chi connectivity index (χ4v) is 2.12. The van der Waals surface area contributed by atoms with E-state index in [1.54, 1.807) is 19.1 Å². The van der Waals surface area contributed by atoms with Crippen LogP contribution >= 0.6 is 0 Å². The smallest absolute Gasteiger partial charge is 0.146 e. The van der Waals surface area contributed by atoms with E-state index in [4.69, 9.17) is 4.74 Å². The molecule has 0 unspecified atom stereocenters. The average Bonchev–Trinajstić information content (AvgIpc) is 3.18. The van der Waals surface area contributed by atoms with Crippen LogP contribution in [0.5, 0.6) is 0 Å². The molecule has 0 saturated heterocycles. The number of likely N-dealkylation sites (N-methyl/N-ethyl adjacent to an activating group) is 1. The number of aliphatic hydroxyl groups excluding tert-OH is 1. The van der Waals surface area contributed by atoms with Gasteiger partial charge in [0, 0.05) is 25.8 Å². The highest BCUT2D eigenvalue weighted by Gasteiger charge is 2.21. The van der Waals surface area contributed by atoms with Gasteiger partial charge in [-0.25, -0.2) is 4.39 Å². The third kappa shape index (κ3) is 3.91. The number of rotatable bonds is 7. The number of anilines is 1. The van der Waals surface area contributed by atoms with Crippen molar-refractivity contribution in [3.05, 3.63) is 29.6 Å². The van der Waals surface area contributed by atoms with Crippen molar-refractivity contribution in [1.82, 2.24) is 0 Å². The van der Waals surface area contributed by atoms with Crippen LogP contribution in [0.3, 0.4) is 0 Å². The zero-order valence-corrected chi connectivity index (χ0v) is 11.6. The van der Waals surface area contributed by atoms with Crippen molar-refractivity contribution in [2.75, 3.05) is 31.7 Å². The molecule has 1 aromatic carbocycles. The molecule has 1 saturated carbocycles. The molecule has 0 aromatic heterocycles. The molecule has 0 heterocycles. The maximum Gasteiger partial charge on any atom is 0.146 e. The van der Waals surface area contributed by atoms with Crippen LogP contribution in [0, 0.1) is 11.7 Å². The van der Waals surface area contributed by atoms with Gasteiger partial charge in [-0.1, -0.05) is 12.1 Å². The molecular formula is C15H22FNO2. The molecule has 0 aliphatic heterocycles. The second kappa shape index (κ2) is 6.35. The topological polar surface area (TPSA) is 32.7 Å². The lowest BCUT2D eigenvalue weighted by Gasteiger charge is -2.24. The highest BCUT2D eigenvalue weighted by molar-refractivity contribution is 5.55. The fourth-order valence-electron chi connectivity index (χ4n) is 2.12. The monoisotopic (exact) mass is 267 g/mol. The number of halogens is 1. The first-order valence-corrected chi connectivity index (χ1v) is 6.85. The lowest BCUT2D eigenvalue weighted by molar-refractivity contribution is 0.130. The average molecular weight is 267 g/mol. The SMILES string of the molecule is C[C@H](O)c1cccc(F)c1N(C)CCOCC1CC1. The fraction of sp³-hybridized carbons (Fsp3) is 0.600. The third-order valence-electron chi connectivity index (χ3n) is 3.47. The second-order valence-electron chi connectivity index (χ2n) is 5.29. The summed E-state index contributed by atoms with van der Waals surface area (Å²) < 4.78 is 19.5. The number of aliphatic hydroxyl groups is 1. The molecule has 0 radical (unpaired) electrons. The first-order chi connectivity index (χ1) is 9.09. The van der Waals surface area contributed by atoms with Crippen LogP contribution in [0.1, 0.15) is 31.4 Å². The molecule has 1 fully saturated rings. The van der Waals surface area contributed by atoms with Crippen LogP contribution in [0.4, 0.5) is 10.1 Å². The van der Waals surface area contributed by atoms with E-state index in [0.29, 0.717) is 24.4 Å². The zero-order valence-electron chi connectivity index (χ0n) is 11.6. The summed E-state index contributed by atoms with van der Waals surface area (Å²) in [6, 6.07) is 4.80. The Morgan fingerprint density at radius 2 is 2.21 bits per heavy atom. The van der Waals surface area contributed by atoms with Gasteiger partial charge in [0.25, 0.3) is 0 Å². The Bertz CT molecular complexity index is 419.